The van der Waals surface area contributed by atoms with E-state index in [2.05, 4.69) is 14.8 Å². The highest BCUT2D eigenvalue weighted by atomic mass is 32.2. The molecule has 0 amide bonds. The monoisotopic (exact) mass is 414 g/mol. The van der Waals surface area contributed by atoms with E-state index in [0.29, 0.717) is 25.5 Å². The van der Waals surface area contributed by atoms with E-state index in [9.17, 15) is 4.79 Å². The van der Waals surface area contributed by atoms with Gasteiger partial charge in [-0.15, -0.1) is 10.2 Å². The minimum atomic E-state index is 0.0709. The molecule has 2 heterocycles. The Labute approximate surface area is 175 Å². The Morgan fingerprint density at radius 2 is 1.97 bits per heavy atom. The van der Waals surface area contributed by atoms with E-state index < -0.39 is 0 Å². The Hall–Kier alpha value is -2.58. The quantitative estimate of drug-likeness (QED) is 0.372. The molecule has 0 atom stereocenters. The zero-order chi connectivity index (χ0) is 20.8. The topological polar surface area (TPSA) is 71.2 Å². The van der Waals surface area contributed by atoms with E-state index >= 15 is 0 Å². The Bertz CT molecular complexity index is 963. The first-order chi connectivity index (χ1) is 14.0. The highest BCUT2D eigenvalue weighted by Crippen LogP contribution is 2.25. The van der Waals surface area contributed by atoms with Crippen molar-refractivity contribution in [2.45, 2.75) is 32.5 Å². The van der Waals surface area contributed by atoms with Gasteiger partial charge in [-0.1, -0.05) is 11.8 Å². The van der Waals surface area contributed by atoms with Gasteiger partial charge in [0, 0.05) is 36.3 Å². The third-order valence-electron chi connectivity index (χ3n) is 4.59. The van der Waals surface area contributed by atoms with Crippen molar-refractivity contribution in [2.24, 2.45) is 0 Å². The molecule has 0 spiro atoms. The number of Topliss-reactive ketones (excluding diaryl/α,β-unsaturated/α-hetero) is 1. The number of thioether (sulfide) groups is 1. The third-order valence-corrected chi connectivity index (χ3v) is 5.57. The van der Waals surface area contributed by atoms with Gasteiger partial charge in [0.1, 0.15) is 12.1 Å². The summed E-state index contributed by atoms with van der Waals surface area (Å²) in [4.78, 5) is 12.9. The van der Waals surface area contributed by atoms with Gasteiger partial charge in [-0.2, -0.15) is 0 Å². The minimum Gasteiger partial charge on any atom is -0.494 e. The number of hydrogen-bond donors (Lipinski definition) is 0. The lowest BCUT2D eigenvalue weighted by atomic mass is 10.2. The van der Waals surface area contributed by atoms with Crippen molar-refractivity contribution >= 4 is 17.5 Å². The number of nitrogens with zero attached hydrogens (tertiary/aromatic N) is 4. The fourth-order valence-corrected chi connectivity index (χ4v) is 4.03. The molecule has 0 fully saturated rings. The van der Waals surface area contributed by atoms with Crippen molar-refractivity contribution in [3.63, 3.8) is 0 Å². The molecule has 2 aromatic heterocycles. The molecule has 0 saturated carbocycles. The summed E-state index contributed by atoms with van der Waals surface area (Å²) in [5, 5.41) is 8.75. The summed E-state index contributed by atoms with van der Waals surface area (Å²) in [6.45, 7) is 7.81. The van der Waals surface area contributed by atoms with Crippen molar-refractivity contribution in [1.82, 2.24) is 19.3 Å². The standard InChI is InChI=1S/C21H26N4O3S/c1-5-28-18-8-6-17(7-9-18)25-15(2)12-19(16(25)3)20(26)13-29-21-23-22-14-24(21)10-11-27-4/h6-9,12,14H,5,10-11,13H2,1-4H3. The van der Waals surface area contributed by atoms with Crippen molar-refractivity contribution in [3.8, 4) is 11.4 Å². The number of rotatable bonds is 10. The summed E-state index contributed by atoms with van der Waals surface area (Å²) < 4.78 is 14.6. The zero-order valence-electron chi connectivity index (χ0n) is 17.2. The predicted molar refractivity (Wildman–Crippen MR) is 113 cm³/mol. The van der Waals surface area contributed by atoms with E-state index in [-0.39, 0.29) is 5.78 Å². The largest absolute Gasteiger partial charge is 0.494 e. The molecule has 0 aliphatic carbocycles. The van der Waals surface area contributed by atoms with E-state index in [1.807, 2.05) is 55.7 Å². The fraction of sp³-hybridized carbons (Fsp3) is 0.381. The number of benzene rings is 1. The van der Waals surface area contributed by atoms with Crippen LogP contribution in [0.25, 0.3) is 5.69 Å². The van der Waals surface area contributed by atoms with Crippen LogP contribution in [0.1, 0.15) is 28.7 Å². The van der Waals surface area contributed by atoms with Crippen LogP contribution < -0.4 is 4.74 Å². The Balaban J connectivity index is 1.74. The van der Waals surface area contributed by atoms with Crippen LogP contribution in [0, 0.1) is 13.8 Å². The van der Waals surface area contributed by atoms with Crippen molar-refractivity contribution in [3.05, 3.63) is 53.6 Å². The number of ketones is 1. The van der Waals surface area contributed by atoms with Gasteiger partial charge in [-0.25, -0.2) is 0 Å². The van der Waals surface area contributed by atoms with E-state index in [1.54, 1.807) is 13.4 Å². The number of carbonyl (C=O) groups is 1. The van der Waals surface area contributed by atoms with Crippen LogP contribution in [0.5, 0.6) is 5.75 Å². The molecule has 0 aliphatic heterocycles. The van der Waals surface area contributed by atoms with E-state index in [4.69, 9.17) is 9.47 Å². The summed E-state index contributed by atoms with van der Waals surface area (Å²) in [6, 6.07) is 9.85. The van der Waals surface area contributed by atoms with Crippen LogP contribution in [0.2, 0.25) is 0 Å². The highest BCUT2D eigenvalue weighted by Gasteiger charge is 2.18. The van der Waals surface area contributed by atoms with Gasteiger partial charge in [-0.05, 0) is 51.1 Å². The maximum absolute atomic E-state index is 12.9. The Morgan fingerprint density at radius 3 is 2.66 bits per heavy atom. The summed E-state index contributed by atoms with van der Waals surface area (Å²) in [7, 11) is 1.65. The summed E-state index contributed by atoms with van der Waals surface area (Å²) >= 11 is 1.39. The molecule has 3 rings (SSSR count). The number of ether oxygens (including phenoxy) is 2. The van der Waals surface area contributed by atoms with Gasteiger partial charge in [0.25, 0.3) is 0 Å². The molecule has 7 nitrogen and oxygen atoms in total. The first-order valence-corrected chi connectivity index (χ1v) is 10.5. The number of hydrogen-bond acceptors (Lipinski definition) is 6. The molecule has 0 saturated heterocycles. The lowest BCUT2D eigenvalue weighted by Gasteiger charge is -2.11. The van der Waals surface area contributed by atoms with Crippen LogP contribution in [-0.4, -0.2) is 51.2 Å². The number of aryl methyl sites for hydroxylation is 1. The molecule has 0 N–H and O–H groups in total. The summed E-state index contributed by atoms with van der Waals surface area (Å²) in [5.74, 6) is 1.21. The summed E-state index contributed by atoms with van der Waals surface area (Å²) in [6.07, 6.45) is 1.66. The molecule has 0 aliphatic rings. The van der Waals surface area contributed by atoms with E-state index in [1.165, 1.54) is 11.8 Å². The molecule has 1 aromatic carbocycles. The number of aromatic nitrogens is 4. The van der Waals surface area contributed by atoms with Gasteiger partial charge < -0.3 is 18.6 Å². The van der Waals surface area contributed by atoms with Gasteiger partial charge in [0.2, 0.25) is 0 Å². The van der Waals surface area contributed by atoms with E-state index in [0.717, 1.165) is 33.5 Å². The van der Waals surface area contributed by atoms with Crippen molar-refractivity contribution in [1.29, 1.82) is 0 Å². The van der Waals surface area contributed by atoms with Crippen LogP contribution in [-0.2, 0) is 11.3 Å². The van der Waals surface area contributed by atoms with Gasteiger partial charge in [0.15, 0.2) is 10.9 Å². The van der Waals surface area contributed by atoms with Crippen LogP contribution in [0.15, 0.2) is 41.8 Å². The normalized spacial score (nSPS) is 11.0. The average Bonchev–Trinajstić information content (AvgIpc) is 3.29. The van der Waals surface area contributed by atoms with Crippen molar-refractivity contribution < 1.29 is 14.3 Å². The zero-order valence-corrected chi connectivity index (χ0v) is 18.0. The SMILES string of the molecule is CCOc1ccc(-n2c(C)cc(C(=O)CSc3nncn3CCOC)c2C)cc1. The third kappa shape index (κ3) is 4.89. The second kappa shape index (κ2) is 9.76. The van der Waals surface area contributed by atoms with Gasteiger partial charge in [-0.3, -0.25) is 4.79 Å². The highest BCUT2D eigenvalue weighted by molar-refractivity contribution is 7.99. The molecule has 154 valence electrons. The van der Waals surface area contributed by atoms with Crippen molar-refractivity contribution in [2.75, 3.05) is 26.1 Å². The average molecular weight is 415 g/mol. The summed E-state index contributed by atoms with van der Waals surface area (Å²) in [5.41, 5.74) is 3.68. The lowest BCUT2D eigenvalue weighted by Crippen LogP contribution is -2.08. The van der Waals surface area contributed by atoms with Gasteiger partial charge in [0.05, 0.1) is 19.0 Å². The molecule has 29 heavy (non-hydrogen) atoms. The molecule has 0 unspecified atom stereocenters. The number of carbonyl (C=O) groups excluding carboxylic acids is 1. The molecule has 8 heteroatoms. The molecular weight excluding hydrogens is 388 g/mol. The molecule has 0 radical (unpaired) electrons. The second-order valence-corrected chi connectivity index (χ2v) is 7.50. The lowest BCUT2D eigenvalue weighted by molar-refractivity contribution is 0.102. The molecule has 3 aromatic rings. The smallest absolute Gasteiger partial charge is 0.191 e. The van der Waals surface area contributed by atoms with Crippen LogP contribution in [0.4, 0.5) is 0 Å². The van der Waals surface area contributed by atoms with Crippen LogP contribution >= 0.6 is 11.8 Å². The van der Waals surface area contributed by atoms with Crippen LogP contribution in [0.3, 0.4) is 0 Å². The number of methoxy groups -OCH3 is 1. The Morgan fingerprint density at radius 1 is 1.21 bits per heavy atom. The first kappa shape index (κ1) is 21.1. The minimum absolute atomic E-state index is 0.0709. The van der Waals surface area contributed by atoms with Gasteiger partial charge >= 0.3 is 0 Å². The second-order valence-electron chi connectivity index (χ2n) is 6.56. The maximum Gasteiger partial charge on any atom is 0.191 e. The predicted octanol–water partition coefficient (Wildman–Crippen LogP) is 3.71. The fourth-order valence-electron chi connectivity index (χ4n) is 3.21. The molecular formula is C21H26N4O3S. The first-order valence-electron chi connectivity index (χ1n) is 9.50. The maximum atomic E-state index is 12.9. The Kier molecular flexibility index (Phi) is 7.11. The molecule has 0 bridgehead atoms.